The van der Waals surface area contributed by atoms with E-state index in [2.05, 4.69) is 5.10 Å². The predicted molar refractivity (Wildman–Crippen MR) is 63.9 cm³/mol. The molecule has 1 aliphatic rings. The van der Waals surface area contributed by atoms with Gasteiger partial charge in [-0.05, 0) is 26.7 Å². The van der Waals surface area contributed by atoms with E-state index in [1.54, 1.807) is 13.8 Å². The molecule has 1 fully saturated rings. The summed E-state index contributed by atoms with van der Waals surface area (Å²) in [5.74, 6) is -0.971. The topological polar surface area (TPSA) is 107 Å². The van der Waals surface area contributed by atoms with Gasteiger partial charge >= 0.3 is 11.7 Å². The summed E-state index contributed by atoms with van der Waals surface area (Å²) in [5.41, 5.74) is 0.827. The van der Waals surface area contributed by atoms with Crippen LogP contribution in [0.25, 0.3) is 0 Å². The van der Waals surface area contributed by atoms with Crippen LogP contribution in [0.3, 0.4) is 0 Å². The summed E-state index contributed by atoms with van der Waals surface area (Å²) < 4.78 is 6.88. The third-order valence-corrected chi connectivity index (χ3v) is 3.29. The molecule has 0 aliphatic carbocycles. The van der Waals surface area contributed by atoms with E-state index in [-0.39, 0.29) is 11.8 Å². The highest BCUT2D eigenvalue weighted by molar-refractivity contribution is 5.72. The molecule has 0 bridgehead atoms. The maximum absolute atomic E-state index is 10.9. The summed E-state index contributed by atoms with van der Waals surface area (Å²) in [4.78, 5) is 21.2. The van der Waals surface area contributed by atoms with Crippen molar-refractivity contribution in [3.8, 4) is 0 Å². The number of hydrogen-bond acceptors (Lipinski definition) is 5. The molecule has 19 heavy (non-hydrogen) atoms. The van der Waals surface area contributed by atoms with Gasteiger partial charge in [0.05, 0.1) is 17.6 Å². The van der Waals surface area contributed by atoms with Crippen LogP contribution in [0.4, 0.5) is 5.69 Å². The number of carboxylic acid groups (broad SMARTS) is 1. The van der Waals surface area contributed by atoms with Crippen LogP contribution in [0.5, 0.6) is 0 Å². The van der Waals surface area contributed by atoms with E-state index in [0.29, 0.717) is 30.8 Å². The standard InChI is InChI=1S/C11H15N3O5/c1-6-10(14(17)18)7(2)13(12-6)5-8-3-4-9(19-8)11(15)16/h8-9H,3-5H2,1-2H3,(H,15,16). The zero-order valence-electron chi connectivity index (χ0n) is 10.7. The van der Waals surface area contributed by atoms with Crippen molar-refractivity contribution in [2.45, 2.75) is 45.4 Å². The highest BCUT2D eigenvalue weighted by atomic mass is 16.6. The number of nitrogens with zero attached hydrogens (tertiary/aromatic N) is 3. The number of carbonyl (C=O) groups is 1. The van der Waals surface area contributed by atoms with Crippen LogP contribution in [0, 0.1) is 24.0 Å². The van der Waals surface area contributed by atoms with Gasteiger partial charge in [0.15, 0.2) is 6.10 Å². The second-order valence-corrected chi connectivity index (χ2v) is 4.62. The first-order chi connectivity index (χ1) is 8.90. The average Bonchev–Trinajstić information content (AvgIpc) is 2.85. The van der Waals surface area contributed by atoms with Crippen molar-refractivity contribution in [3.05, 3.63) is 21.5 Å². The number of hydrogen-bond donors (Lipinski definition) is 1. The summed E-state index contributed by atoms with van der Waals surface area (Å²) in [6.07, 6.45) is 0.0282. The van der Waals surface area contributed by atoms with E-state index in [1.165, 1.54) is 4.68 Å². The van der Waals surface area contributed by atoms with E-state index in [4.69, 9.17) is 9.84 Å². The van der Waals surface area contributed by atoms with E-state index >= 15 is 0 Å². The summed E-state index contributed by atoms with van der Waals surface area (Å²) in [7, 11) is 0. The second-order valence-electron chi connectivity index (χ2n) is 4.62. The highest BCUT2D eigenvalue weighted by Crippen LogP contribution is 2.25. The minimum absolute atomic E-state index is 0.00721. The van der Waals surface area contributed by atoms with Crippen LogP contribution in [0.1, 0.15) is 24.2 Å². The number of carboxylic acids is 1. The Kier molecular flexibility index (Phi) is 3.52. The van der Waals surface area contributed by atoms with E-state index in [0.717, 1.165) is 0 Å². The molecule has 1 aliphatic heterocycles. The minimum Gasteiger partial charge on any atom is -0.479 e. The second kappa shape index (κ2) is 4.96. The molecule has 0 saturated carbocycles. The quantitative estimate of drug-likeness (QED) is 0.646. The molecule has 104 valence electrons. The number of nitro groups is 1. The first kappa shape index (κ1) is 13.5. The lowest BCUT2D eigenvalue weighted by molar-refractivity contribution is -0.386. The molecule has 2 atom stereocenters. The van der Waals surface area contributed by atoms with E-state index < -0.39 is 17.0 Å². The van der Waals surface area contributed by atoms with Crippen molar-refractivity contribution in [2.75, 3.05) is 0 Å². The summed E-state index contributed by atoms with van der Waals surface area (Å²) in [6, 6.07) is 0. The van der Waals surface area contributed by atoms with Gasteiger partial charge in [0.25, 0.3) is 0 Å². The van der Waals surface area contributed by atoms with Gasteiger partial charge in [-0.25, -0.2) is 4.79 Å². The van der Waals surface area contributed by atoms with Crippen LogP contribution < -0.4 is 0 Å². The molecule has 8 heteroatoms. The normalized spacial score (nSPS) is 22.6. The molecule has 0 spiro atoms. The van der Waals surface area contributed by atoms with Crippen molar-refractivity contribution >= 4 is 11.7 Å². The number of aliphatic carboxylic acids is 1. The summed E-state index contributed by atoms with van der Waals surface area (Å²) in [6.45, 7) is 3.54. The Bertz CT molecular complexity index is 525. The predicted octanol–water partition coefficient (Wildman–Crippen LogP) is 1.04. The Hall–Kier alpha value is -1.96. The molecule has 2 rings (SSSR count). The monoisotopic (exact) mass is 269 g/mol. The summed E-state index contributed by atoms with van der Waals surface area (Å²) >= 11 is 0. The molecular weight excluding hydrogens is 254 g/mol. The Morgan fingerprint density at radius 2 is 2.26 bits per heavy atom. The Labute approximate surface area is 109 Å². The molecule has 8 nitrogen and oxygen atoms in total. The maximum Gasteiger partial charge on any atom is 0.332 e. The van der Waals surface area contributed by atoms with Crippen LogP contribution >= 0.6 is 0 Å². The SMILES string of the molecule is Cc1nn(CC2CCC(C(=O)O)O2)c(C)c1[N+](=O)[O-]. The van der Waals surface area contributed by atoms with Crippen molar-refractivity contribution in [1.82, 2.24) is 9.78 Å². The highest BCUT2D eigenvalue weighted by Gasteiger charge is 2.32. The third kappa shape index (κ3) is 2.58. The molecule has 0 aromatic carbocycles. The molecule has 0 radical (unpaired) electrons. The fraction of sp³-hybridized carbons (Fsp3) is 0.636. The molecule has 0 amide bonds. The molecule has 1 aromatic rings. The van der Waals surface area contributed by atoms with Gasteiger partial charge in [0, 0.05) is 0 Å². The zero-order valence-corrected chi connectivity index (χ0v) is 10.7. The number of rotatable bonds is 4. The first-order valence-electron chi connectivity index (χ1n) is 5.96. The lowest BCUT2D eigenvalue weighted by Gasteiger charge is -2.11. The van der Waals surface area contributed by atoms with E-state index in [1.807, 2.05) is 0 Å². The van der Waals surface area contributed by atoms with Gasteiger partial charge in [0.1, 0.15) is 11.4 Å². The molecular formula is C11H15N3O5. The Morgan fingerprint density at radius 1 is 1.58 bits per heavy atom. The van der Waals surface area contributed by atoms with Crippen LogP contribution in [0.2, 0.25) is 0 Å². The smallest absolute Gasteiger partial charge is 0.332 e. The molecule has 2 heterocycles. The number of aryl methyl sites for hydroxylation is 1. The molecule has 1 aromatic heterocycles. The fourth-order valence-corrected chi connectivity index (χ4v) is 2.34. The Morgan fingerprint density at radius 3 is 2.74 bits per heavy atom. The minimum atomic E-state index is -0.971. The van der Waals surface area contributed by atoms with Gasteiger partial charge < -0.3 is 9.84 Å². The van der Waals surface area contributed by atoms with Crippen molar-refractivity contribution in [1.29, 1.82) is 0 Å². The fourth-order valence-electron chi connectivity index (χ4n) is 2.34. The van der Waals surface area contributed by atoms with Crippen molar-refractivity contribution in [2.24, 2.45) is 0 Å². The number of aromatic nitrogens is 2. The van der Waals surface area contributed by atoms with Gasteiger partial charge in [-0.1, -0.05) is 0 Å². The molecule has 2 unspecified atom stereocenters. The van der Waals surface area contributed by atoms with Gasteiger partial charge in [-0.2, -0.15) is 5.10 Å². The van der Waals surface area contributed by atoms with Gasteiger partial charge in [-0.15, -0.1) is 0 Å². The lowest BCUT2D eigenvalue weighted by Crippen LogP contribution is -2.23. The van der Waals surface area contributed by atoms with Gasteiger partial charge in [-0.3, -0.25) is 14.8 Å². The molecule has 1 saturated heterocycles. The van der Waals surface area contributed by atoms with Crippen LogP contribution in [-0.4, -0.2) is 38.0 Å². The molecule has 1 N–H and O–H groups in total. The third-order valence-electron chi connectivity index (χ3n) is 3.29. The lowest BCUT2D eigenvalue weighted by atomic mass is 10.2. The largest absolute Gasteiger partial charge is 0.479 e. The first-order valence-corrected chi connectivity index (χ1v) is 5.96. The van der Waals surface area contributed by atoms with Crippen LogP contribution in [0.15, 0.2) is 0 Å². The zero-order chi connectivity index (χ0) is 14.2. The van der Waals surface area contributed by atoms with Crippen molar-refractivity contribution in [3.63, 3.8) is 0 Å². The van der Waals surface area contributed by atoms with Crippen molar-refractivity contribution < 1.29 is 19.6 Å². The van der Waals surface area contributed by atoms with Crippen LogP contribution in [-0.2, 0) is 16.1 Å². The van der Waals surface area contributed by atoms with E-state index in [9.17, 15) is 14.9 Å². The maximum atomic E-state index is 10.9. The van der Waals surface area contributed by atoms with Gasteiger partial charge in [0.2, 0.25) is 0 Å². The Balaban J connectivity index is 2.11. The number of ether oxygens (including phenoxy) is 1. The summed E-state index contributed by atoms with van der Waals surface area (Å²) in [5, 5.41) is 23.8. The average molecular weight is 269 g/mol.